The molecule has 4 atom stereocenters. The van der Waals surface area contributed by atoms with Crippen molar-refractivity contribution in [1.29, 1.82) is 0 Å². The average Bonchev–Trinajstić information content (AvgIpc) is 2.65. The van der Waals surface area contributed by atoms with Crippen molar-refractivity contribution >= 4 is 28.7 Å². The van der Waals surface area contributed by atoms with Crippen molar-refractivity contribution in [2.75, 3.05) is 0 Å². The number of fused-ring (bicyclic) bond motifs is 5. The second-order valence-electron chi connectivity index (χ2n) is 5.86. The lowest BCUT2D eigenvalue weighted by Crippen LogP contribution is -2.11. The second kappa shape index (κ2) is 3.58. The van der Waals surface area contributed by atoms with Gasteiger partial charge >= 0.3 is 0 Å². The number of ketones is 1. The minimum absolute atomic E-state index is 0.419. The Labute approximate surface area is 110 Å². The third kappa shape index (κ3) is 1.53. The maximum atomic E-state index is 12.3. The second-order valence-corrected chi connectivity index (χ2v) is 7.66. The predicted octanol–water partition coefficient (Wildman–Crippen LogP) is 3.81. The van der Waals surface area contributed by atoms with Gasteiger partial charge in [0.15, 0.2) is 0 Å². The standard InChI is InChI=1S/C14H15ClOS/c15-11-4-3-9(17-11)6-10(16)14-12-7-1-2-8(5-7)13(12)14/h3-4,7-8,12-14H,1-2,5-6H2. The molecule has 4 rings (SSSR count). The highest BCUT2D eigenvalue weighted by Crippen LogP contribution is 2.69. The van der Waals surface area contributed by atoms with Gasteiger partial charge in [-0.2, -0.15) is 0 Å². The topological polar surface area (TPSA) is 17.1 Å². The molecule has 1 heterocycles. The van der Waals surface area contributed by atoms with Crippen LogP contribution in [0.2, 0.25) is 4.34 Å². The Morgan fingerprint density at radius 1 is 1.29 bits per heavy atom. The number of carbonyl (C=O) groups is 1. The van der Waals surface area contributed by atoms with Crippen molar-refractivity contribution < 1.29 is 4.79 Å². The fraction of sp³-hybridized carbons (Fsp3) is 0.643. The molecule has 1 aromatic rings. The summed E-state index contributed by atoms with van der Waals surface area (Å²) in [6.07, 6.45) is 4.82. The van der Waals surface area contributed by atoms with E-state index in [2.05, 4.69) is 0 Å². The molecule has 0 aromatic carbocycles. The van der Waals surface area contributed by atoms with Crippen LogP contribution >= 0.6 is 22.9 Å². The highest BCUT2D eigenvalue weighted by molar-refractivity contribution is 7.16. The molecule has 0 aliphatic heterocycles. The van der Waals surface area contributed by atoms with E-state index in [-0.39, 0.29) is 0 Å². The first-order valence-electron chi connectivity index (χ1n) is 6.51. The average molecular weight is 267 g/mol. The van der Waals surface area contributed by atoms with E-state index in [1.54, 1.807) is 11.3 Å². The van der Waals surface area contributed by atoms with E-state index in [0.717, 1.165) is 32.9 Å². The summed E-state index contributed by atoms with van der Waals surface area (Å²) < 4.78 is 0.795. The summed E-state index contributed by atoms with van der Waals surface area (Å²) >= 11 is 7.45. The highest BCUT2D eigenvalue weighted by atomic mass is 35.5. The Morgan fingerprint density at radius 3 is 2.59 bits per heavy atom. The van der Waals surface area contributed by atoms with Crippen molar-refractivity contribution in [3.8, 4) is 0 Å². The molecular weight excluding hydrogens is 252 g/mol. The molecule has 0 radical (unpaired) electrons. The molecule has 0 spiro atoms. The van der Waals surface area contributed by atoms with E-state index in [1.165, 1.54) is 19.3 Å². The number of hydrogen-bond donors (Lipinski definition) is 0. The first-order chi connectivity index (χ1) is 8.24. The number of halogens is 1. The SMILES string of the molecule is O=C(Cc1ccc(Cl)s1)C1C2C3CCC(C3)C12. The number of rotatable bonds is 3. The molecule has 0 saturated heterocycles. The van der Waals surface area contributed by atoms with Crippen LogP contribution in [0, 0.1) is 29.6 Å². The molecule has 90 valence electrons. The lowest BCUT2D eigenvalue weighted by atomic mass is 9.98. The van der Waals surface area contributed by atoms with Crippen LogP contribution in [0.1, 0.15) is 24.1 Å². The van der Waals surface area contributed by atoms with Crippen LogP contribution in [0.15, 0.2) is 12.1 Å². The van der Waals surface area contributed by atoms with Crippen molar-refractivity contribution in [3.05, 3.63) is 21.3 Å². The number of hydrogen-bond acceptors (Lipinski definition) is 2. The summed E-state index contributed by atoms with van der Waals surface area (Å²) in [5, 5.41) is 0. The van der Waals surface area contributed by atoms with Gasteiger partial charge in [-0.1, -0.05) is 11.6 Å². The zero-order valence-corrected chi connectivity index (χ0v) is 11.1. The van der Waals surface area contributed by atoms with Crippen LogP contribution in [0.4, 0.5) is 0 Å². The van der Waals surface area contributed by atoms with Crippen LogP contribution in [-0.2, 0) is 11.2 Å². The number of carbonyl (C=O) groups excluding carboxylic acids is 1. The minimum atomic E-state index is 0.419. The Kier molecular flexibility index (Phi) is 2.23. The van der Waals surface area contributed by atoms with Crippen molar-refractivity contribution in [2.24, 2.45) is 29.6 Å². The fourth-order valence-corrected chi connectivity index (χ4v) is 5.59. The van der Waals surface area contributed by atoms with Gasteiger partial charge in [-0.3, -0.25) is 4.79 Å². The summed E-state index contributed by atoms with van der Waals surface area (Å²) in [5.41, 5.74) is 0. The Bertz CT molecular complexity index is 464. The van der Waals surface area contributed by atoms with E-state index in [1.807, 2.05) is 12.1 Å². The Hall–Kier alpha value is -0.340. The molecule has 17 heavy (non-hydrogen) atoms. The van der Waals surface area contributed by atoms with Crippen LogP contribution in [0.25, 0.3) is 0 Å². The summed E-state index contributed by atoms with van der Waals surface area (Å²) in [4.78, 5) is 13.4. The lowest BCUT2D eigenvalue weighted by Gasteiger charge is -2.06. The molecule has 0 N–H and O–H groups in total. The van der Waals surface area contributed by atoms with Gasteiger partial charge in [0.2, 0.25) is 0 Å². The molecular formula is C14H15ClOS. The van der Waals surface area contributed by atoms with Gasteiger partial charge in [-0.25, -0.2) is 0 Å². The van der Waals surface area contributed by atoms with Gasteiger partial charge < -0.3 is 0 Å². The molecule has 1 nitrogen and oxygen atoms in total. The van der Waals surface area contributed by atoms with Crippen LogP contribution < -0.4 is 0 Å². The van der Waals surface area contributed by atoms with Crippen LogP contribution in [0.5, 0.6) is 0 Å². The summed E-state index contributed by atoms with van der Waals surface area (Å²) in [5.74, 6) is 4.24. The molecule has 3 aliphatic carbocycles. The lowest BCUT2D eigenvalue weighted by molar-refractivity contribution is -0.120. The Balaban J connectivity index is 1.46. The Morgan fingerprint density at radius 2 is 2.00 bits per heavy atom. The van der Waals surface area contributed by atoms with Gasteiger partial charge in [-0.15, -0.1) is 11.3 Å². The normalized spacial score (nSPS) is 41.6. The molecule has 3 heteroatoms. The van der Waals surface area contributed by atoms with E-state index in [4.69, 9.17) is 11.6 Å². The molecule has 3 fully saturated rings. The predicted molar refractivity (Wildman–Crippen MR) is 69.3 cm³/mol. The van der Waals surface area contributed by atoms with Crippen molar-refractivity contribution in [2.45, 2.75) is 25.7 Å². The highest BCUT2D eigenvalue weighted by Gasteiger charge is 2.66. The van der Waals surface area contributed by atoms with Gasteiger partial charge in [-0.05, 0) is 55.1 Å². The van der Waals surface area contributed by atoms with Crippen LogP contribution in [-0.4, -0.2) is 5.78 Å². The quantitative estimate of drug-likeness (QED) is 0.813. The number of thiophene rings is 1. The summed E-state index contributed by atoms with van der Waals surface area (Å²) in [7, 11) is 0. The fourth-order valence-electron chi connectivity index (χ4n) is 4.49. The maximum Gasteiger partial charge on any atom is 0.141 e. The zero-order chi connectivity index (χ0) is 11.6. The van der Waals surface area contributed by atoms with Crippen molar-refractivity contribution in [1.82, 2.24) is 0 Å². The van der Waals surface area contributed by atoms with Crippen molar-refractivity contribution in [3.63, 3.8) is 0 Å². The monoisotopic (exact) mass is 266 g/mol. The summed E-state index contributed by atoms with van der Waals surface area (Å²) in [6.45, 7) is 0. The molecule has 3 aliphatic rings. The minimum Gasteiger partial charge on any atom is -0.299 e. The third-order valence-corrected chi connectivity index (χ3v) is 6.32. The van der Waals surface area contributed by atoms with E-state index < -0.39 is 0 Å². The van der Waals surface area contributed by atoms with Crippen LogP contribution in [0.3, 0.4) is 0 Å². The van der Waals surface area contributed by atoms with Gasteiger partial charge in [0.1, 0.15) is 5.78 Å². The van der Waals surface area contributed by atoms with Gasteiger partial charge in [0, 0.05) is 17.2 Å². The molecule has 3 saturated carbocycles. The molecule has 1 aromatic heterocycles. The first-order valence-corrected chi connectivity index (χ1v) is 7.70. The smallest absolute Gasteiger partial charge is 0.141 e. The van der Waals surface area contributed by atoms with Gasteiger partial charge in [0.05, 0.1) is 4.34 Å². The largest absolute Gasteiger partial charge is 0.299 e. The van der Waals surface area contributed by atoms with Gasteiger partial charge in [0.25, 0.3) is 0 Å². The molecule has 0 amide bonds. The maximum absolute atomic E-state index is 12.3. The zero-order valence-electron chi connectivity index (χ0n) is 9.56. The molecule has 4 unspecified atom stereocenters. The number of Topliss-reactive ketones (excluding diaryl/α,β-unsaturated/α-hetero) is 1. The van der Waals surface area contributed by atoms with E-state index >= 15 is 0 Å². The van der Waals surface area contributed by atoms with E-state index in [9.17, 15) is 4.79 Å². The van der Waals surface area contributed by atoms with E-state index in [0.29, 0.717) is 18.1 Å². The third-order valence-electron chi connectivity index (χ3n) is 5.08. The summed E-state index contributed by atoms with van der Waals surface area (Å²) in [6, 6.07) is 3.89. The molecule has 2 bridgehead atoms. The first kappa shape index (κ1) is 10.6.